The van der Waals surface area contributed by atoms with Crippen LogP contribution in [0.5, 0.6) is 0 Å². The Balaban J connectivity index is 1.79. The van der Waals surface area contributed by atoms with Gasteiger partial charge in [0.05, 0.1) is 22.8 Å². The summed E-state index contributed by atoms with van der Waals surface area (Å²) in [6.07, 6.45) is 2.62. The minimum absolute atomic E-state index is 0.215. The number of fused-ring (bicyclic) bond motifs is 1. The molecule has 3 aromatic heterocycles. The molecule has 0 atom stereocenters. The van der Waals surface area contributed by atoms with Gasteiger partial charge in [-0.1, -0.05) is 18.2 Å². The Kier molecular flexibility index (Phi) is 3.31. The van der Waals surface area contributed by atoms with Crippen molar-refractivity contribution in [2.45, 2.75) is 0 Å². The lowest BCUT2D eigenvalue weighted by atomic mass is 10.3. The summed E-state index contributed by atoms with van der Waals surface area (Å²) in [5.41, 5.74) is 1.31. The van der Waals surface area contributed by atoms with Crippen LogP contribution in [-0.2, 0) is 0 Å². The van der Waals surface area contributed by atoms with E-state index in [-0.39, 0.29) is 5.56 Å². The maximum atomic E-state index is 12.9. The molecule has 1 aromatic carbocycles. The first-order valence-corrected chi connectivity index (χ1v) is 7.25. The first kappa shape index (κ1) is 14.1. The van der Waals surface area contributed by atoms with Gasteiger partial charge in [-0.05, 0) is 24.3 Å². The second-order valence-corrected chi connectivity index (χ2v) is 5.19. The fourth-order valence-corrected chi connectivity index (χ4v) is 2.46. The summed E-state index contributed by atoms with van der Waals surface area (Å²) in [5, 5.41) is 6.27. The van der Waals surface area contributed by atoms with Crippen molar-refractivity contribution in [1.29, 1.82) is 0 Å². The molecule has 24 heavy (non-hydrogen) atoms. The van der Waals surface area contributed by atoms with Gasteiger partial charge in [-0.3, -0.25) is 14.6 Å². The number of aromatic nitrogens is 4. The smallest absolute Gasteiger partial charge is 0.273 e. The van der Waals surface area contributed by atoms with Crippen molar-refractivity contribution in [3.05, 3.63) is 77.1 Å². The molecule has 0 radical (unpaired) electrons. The Morgan fingerprint density at radius 2 is 1.79 bits per heavy atom. The number of H-pyrrole nitrogens is 1. The van der Waals surface area contributed by atoms with E-state index < -0.39 is 5.82 Å². The highest BCUT2D eigenvalue weighted by molar-refractivity contribution is 5.82. The van der Waals surface area contributed by atoms with Crippen molar-refractivity contribution in [3.8, 4) is 5.69 Å². The lowest BCUT2D eigenvalue weighted by Gasteiger charge is -2.07. The number of hydrogen-bond acceptors (Lipinski definition) is 4. The Bertz CT molecular complexity index is 1050. The highest BCUT2D eigenvalue weighted by Gasteiger charge is 2.10. The summed E-state index contributed by atoms with van der Waals surface area (Å²) in [6, 6.07) is 14.0. The molecule has 6 nitrogen and oxygen atoms in total. The molecule has 7 heteroatoms. The number of benzene rings is 1. The number of para-hydroxylation sites is 1. The van der Waals surface area contributed by atoms with E-state index in [0.29, 0.717) is 22.5 Å². The van der Waals surface area contributed by atoms with Crippen LogP contribution in [0.1, 0.15) is 0 Å². The molecule has 4 aromatic rings. The van der Waals surface area contributed by atoms with Crippen molar-refractivity contribution in [1.82, 2.24) is 19.7 Å². The standard InChI is InChI=1S/C17H12FN5O/c18-11-6-7-15(19-9-11)21-16-8-14-13(10-20-16)17(24)22-23(14)12-4-2-1-3-5-12/h1-10H,(H,22,24)(H,19,20,21). The molecule has 0 saturated heterocycles. The SMILES string of the molecule is O=c1[nH]n(-c2ccccc2)c2cc(Nc3ccc(F)cn3)ncc12. The Labute approximate surface area is 135 Å². The van der Waals surface area contributed by atoms with E-state index in [0.717, 1.165) is 11.9 Å². The van der Waals surface area contributed by atoms with Gasteiger partial charge < -0.3 is 5.32 Å². The van der Waals surface area contributed by atoms with Crippen LogP contribution < -0.4 is 10.9 Å². The fourth-order valence-electron chi connectivity index (χ4n) is 2.46. The van der Waals surface area contributed by atoms with E-state index in [1.54, 1.807) is 10.7 Å². The van der Waals surface area contributed by atoms with Gasteiger partial charge in [-0.2, -0.15) is 0 Å². The normalized spacial score (nSPS) is 10.9. The van der Waals surface area contributed by atoms with Gasteiger partial charge in [0.2, 0.25) is 0 Å². The van der Waals surface area contributed by atoms with Crippen molar-refractivity contribution >= 4 is 22.5 Å². The van der Waals surface area contributed by atoms with Gasteiger partial charge in [0.1, 0.15) is 17.5 Å². The van der Waals surface area contributed by atoms with E-state index >= 15 is 0 Å². The number of rotatable bonds is 3. The van der Waals surface area contributed by atoms with Crippen molar-refractivity contribution < 1.29 is 4.39 Å². The molecule has 0 amide bonds. The van der Waals surface area contributed by atoms with Gasteiger partial charge in [0.15, 0.2) is 0 Å². The monoisotopic (exact) mass is 321 g/mol. The summed E-state index contributed by atoms with van der Waals surface area (Å²) in [4.78, 5) is 20.2. The maximum absolute atomic E-state index is 12.9. The van der Waals surface area contributed by atoms with E-state index in [1.807, 2.05) is 30.3 Å². The minimum Gasteiger partial charge on any atom is -0.325 e. The average Bonchev–Trinajstić information content (AvgIpc) is 2.94. The fraction of sp³-hybridized carbons (Fsp3) is 0. The molecule has 0 unspecified atom stereocenters. The van der Waals surface area contributed by atoms with Crippen molar-refractivity contribution in [2.75, 3.05) is 5.32 Å². The highest BCUT2D eigenvalue weighted by atomic mass is 19.1. The summed E-state index contributed by atoms with van der Waals surface area (Å²) in [6.45, 7) is 0. The van der Waals surface area contributed by atoms with Crippen LogP contribution in [0.25, 0.3) is 16.6 Å². The quantitative estimate of drug-likeness (QED) is 0.608. The molecule has 3 heterocycles. The molecule has 2 N–H and O–H groups in total. The summed E-state index contributed by atoms with van der Waals surface area (Å²) in [5.74, 6) is 0.560. The second kappa shape index (κ2) is 5.62. The molecular weight excluding hydrogens is 309 g/mol. The van der Waals surface area contributed by atoms with Crippen LogP contribution >= 0.6 is 0 Å². The first-order chi connectivity index (χ1) is 11.7. The third-order valence-corrected chi connectivity index (χ3v) is 3.58. The zero-order valence-electron chi connectivity index (χ0n) is 12.4. The molecule has 0 bridgehead atoms. The lowest BCUT2D eigenvalue weighted by Crippen LogP contribution is -2.03. The number of aromatic amines is 1. The van der Waals surface area contributed by atoms with Crippen molar-refractivity contribution in [2.24, 2.45) is 0 Å². The van der Waals surface area contributed by atoms with Crippen LogP contribution in [0.3, 0.4) is 0 Å². The van der Waals surface area contributed by atoms with Crippen LogP contribution in [-0.4, -0.2) is 19.7 Å². The molecule has 118 valence electrons. The summed E-state index contributed by atoms with van der Waals surface area (Å²) in [7, 11) is 0. The van der Waals surface area contributed by atoms with E-state index in [1.165, 1.54) is 18.3 Å². The van der Waals surface area contributed by atoms with Gasteiger partial charge >= 0.3 is 0 Å². The van der Waals surface area contributed by atoms with Crippen LogP contribution in [0, 0.1) is 5.82 Å². The summed E-state index contributed by atoms with van der Waals surface area (Å²) < 4.78 is 14.6. The van der Waals surface area contributed by atoms with Gasteiger partial charge in [-0.25, -0.2) is 14.4 Å². The summed E-state index contributed by atoms with van der Waals surface area (Å²) >= 11 is 0. The third kappa shape index (κ3) is 2.52. The molecule has 0 aliphatic heterocycles. The molecule has 0 saturated carbocycles. The second-order valence-electron chi connectivity index (χ2n) is 5.19. The lowest BCUT2D eigenvalue weighted by molar-refractivity contribution is 0.622. The van der Waals surface area contributed by atoms with Gasteiger partial charge in [0, 0.05) is 12.3 Å². The van der Waals surface area contributed by atoms with Crippen LogP contribution in [0.4, 0.5) is 16.0 Å². The molecule has 4 rings (SSSR count). The Morgan fingerprint density at radius 1 is 1.00 bits per heavy atom. The third-order valence-electron chi connectivity index (χ3n) is 3.58. The molecule has 0 aliphatic rings. The molecule has 0 fully saturated rings. The Morgan fingerprint density at radius 3 is 2.54 bits per heavy atom. The maximum Gasteiger partial charge on any atom is 0.273 e. The number of halogens is 1. The largest absolute Gasteiger partial charge is 0.325 e. The number of nitrogens with zero attached hydrogens (tertiary/aromatic N) is 3. The van der Waals surface area contributed by atoms with Crippen LogP contribution in [0.15, 0.2) is 65.7 Å². The predicted octanol–water partition coefficient (Wildman–Crippen LogP) is 2.99. The van der Waals surface area contributed by atoms with Crippen molar-refractivity contribution in [3.63, 3.8) is 0 Å². The molecule has 0 aliphatic carbocycles. The Hall–Kier alpha value is -3.48. The number of nitrogens with one attached hydrogen (secondary N) is 2. The zero-order chi connectivity index (χ0) is 16.5. The zero-order valence-corrected chi connectivity index (χ0v) is 12.4. The van der Waals surface area contributed by atoms with E-state index in [4.69, 9.17) is 0 Å². The van der Waals surface area contributed by atoms with Gasteiger partial charge in [0.25, 0.3) is 5.56 Å². The highest BCUT2D eigenvalue weighted by Crippen LogP contribution is 2.19. The number of anilines is 2. The van der Waals surface area contributed by atoms with Crippen LogP contribution in [0.2, 0.25) is 0 Å². The van der Waals surface area contributed by atoms with Gasteiger partial charge in [-0.15, -0.1) is 0 Å². The molecule has 0 spiro atoms. The molecular formula is C17H12FN5O. The van der Waals surface area contributed by atoms with E-state index in [2.05, 4.69) is 20.4 Å². The number of pyridine rings is 2. The predicted molar refractivity (Wildman–Crippen MR) is 89.2 cm³/mol. The topological polar surface area (TPSA) is 75.6 Å². The minimum atomic E-state index is -0.410. The number of hydrogen-bond donors (Lipinski definition) is 2. The first-order valence-electron chi connectivity index (χ1n) is 7.25. The average molecular weight is 321 g/mol. The van der Waals surface area contributed by atoms with E-state index in [9.17, 15) is 9.18 Å².